The van der Waals surface area contributed by atoms with Crippen LogP contribution in [0.25, 0.3) is 0 Å². The van der Waals surface area contributed by atoms with Crippen molar-refractivity contribution < 1.29 is 4.39 Å². The smallest absolute Gasteiger partial charge is 0.0906 e. The maximum absolute atomic E-state index is 11.7. The van der Waals surface area contributed by atoms with Crippen LogP contribution >= 0.6 is 0 Å². The van der Waals surface area contributed by atoms with Gasteiger partial charge >= 0.3 is 0 Å². The molecule has 0 aliphatic heterocycles. The topological polar surface area (TPSA) is 37.8 Å². The Morgan fingerprint density at radius 3 is 3.08 bits per heavy atom. The van der Waals surface area contributed by atoms with Crippen molar-refractivity contribution in [1.82, 2.24) is 15.5 Å². The summed E-state index contributed by atoms with van der Waals surface area (Å²) in [6.45, 7) is 1.08. The van der Waals surface area contributed by atoms with E-state index in [4.69, 9.17) is 0 Å². The number of nitrogens with one attached hydrogen (secondary N) is 1. The Morgan fingerprint density at radius 2 is 2.42 bits per heavy atom. The lowest BCUT2D eigenvalue weighted by Gasteiger charge is -2.00. The zero-order valence-corrected chi connectivity index (χ0v) is 6.83. The van der Waals surface area contributed by atoms with E-state index >= 15 is 0 Å². The first-order valence-corrected chi connectivity index (χ1v) is 3.97. The van der Waals surface area contributed by atoms with E-state index in [1.807, 2.05) is 12.1 Å². The minimum absolute atomic E-state index is 0.270. The van der Waals surface area contributed by atoms with E-state index in [1.165, 1.54) is 0 Å². The first kappa shape index (κ1) is 9.06. The van der Waals surface area contributed by atoms with Crippen LogP contribution in [-0.2, 0) is 6.54 Å². The van der Waals surface area contributed by atoms with Gasteiger partial charge in [0.25, 0.3) is 0 Å². The Labute approximate surface area is 71.0 Å². The summed E-state index contributed by atoms with van der Waals surface area (Å²) >= 11 is 0. The molecule has 1 rings (SSSR count). The second kappa shape index (κ2) is 5.60. The standard InChI is InChI=1S/C8H12FN3/c9-4-2-5-10-7-8-3-1-6-11-12-8/h1,3,6,10H,2,4-5,7H2. The number of halogens is 1. The Hall–Kier alpha value is -1.03. The number of hydrogen-bond acceptors (Lipinski definition) is 3. The molecule has 0 atom stereocenters. The van der Waals surface area contributed by atoms with Gasteiger partial charge < -0.3 is 5.32 Å². The molecule has 0 spiro atoms. The fraction of sp³-hybridized carbons (Fsp3) is 0.500. The molecule has 0 saturated heterocycles. The lowest BCUT2D eigenvalue weighted by molar-refractivity contribution is 0.458. The monoisotopic (exact) mass is 169 g/mol. The number of alkyl halides is 1. The van der Waals surface area contributed by atoms with Crippen LogP contribution in [0, 0.1) is 0 Å². The third kappa shape index (κ3) is 3.39. The van der Waals surface area contributed by atoms with Crippen molar-refractivity contribution in [3.05, 3.63) is 24.0 Å². The average Bonchev–Trinajstić information content (AvgIpc) is 2.14. The summed E-state index contributed by atoms with van der Waals surface area (Å²) in [6.07, 6.45) is 2.19. The third-order valence-electron chi connectivity index (χ3n) is 1.42. The first-order valence-electron chi connectivity index (χ1n) is 3.97. The lowest BCUT2D eigenvalue weighted by atomic mass is 10.4. The Kier molecular flexibility index (Phi) is 4.23. The molecule has 66 valence electrons. The molecule has 0 aliphatic carbocycles. The minimum atomic E-state index is -0.270. The summed E-state index contributed by atoms with van der Waals surface area (Å²) < 4.78 is 11.7. The van der Waals surface area contributed by atoms with E-state index in [2.05, 4.69) is 15.5 Å². The van der Waals surface area contributed by atoms with Gasteiger partial charge in [-0.3, -0.25) is 4.39 Å². The van der Waals surface area contributed by atoms with Crippen LogP contribution in [0.5, 0.6) is 0 Å². The van der Waals surface area contributed by atoms with E-state index in [0.29, 0.717) is 19.5 Å². The molecular formula is C8H12FN3. The fourth-order valence-corrected chi connectivity index (χ4v) is 0.836. The molecule has 3 nitrogen and oxygen atoms in total. The summed E-state index contributed by atoms with van der Waals surface area (Å²) in [5.41, 5.74) is 0.886. The molecule has 0 aromatic carbocycles. The van der Waals surface area contributed by atoms with Crippen LogP contribution in [0.3, 0.4) is 0 Å². The van der Waals surface area contributed by atoms with E-state index in [1.54, 1.807) is 6.20 Å². The number of aromatic nitrogens is 2. The number of nitrogens with zero attached hydrogens (tertiary/aromatic N) is 2. The number of hydrogen-bond donors (Lipinski definition) is 1. The molecule has 1 aromatic rings. The molecule has 1 N–H and O–H groups in total. The molecule has 0 bridgehead atoms. The average molecular weight is 169 g/mol. The van der Waals surface area contributed by atoms with Crippen LogP contribution in [0.4, 0.5) is 4.39 Å². The van der Waals surface area contributed by atoms with Gasteiger partial charge in [0, 0.05) is 12.7 Å². The maximum Gasteiger partial charge on any atom is 0.0906 e. The maximum atomic E-state index is 11.7. The lowest BCUT2D eigenvalue weighted by Crippen LogP contribution is -2.16. The molecule has 1 heterocycles. The minimum Gasteiger partial charge on any atom is -0.311 e. The van der Waals surface area contributed by atoms with Crippen molar-refractivity contribution in [3.8, 4) is 0 Å². The Morgan fingerprint density at radius 1 is 1.50 bits per heavy atom. The molecule has 4 heteroatoms. The highest BCUT2D eigenvalue weighted by Gasteiger charge is 1.91. The van der Waals surface area contributed by atoms with Crippen LogP contribution in [-0.4, -0.2) is 23.4 Å². The summed E-state index contributed by atoms with van der Waals surface area (Å²) in [4.78, 5) is 0. The van der Waals surface area contributed by atoms with Gasteiger partial charge in [0.1, 0.15) is 0 Å². The SMILES string of the molecule is FCCCNCc1cccnn1. The quantitative estimate of drug-likeness (QED) is 0.666. The van der Waals surface area contributed by atoms with E-state index in [0.717, 1.165) is 5.69 Å². The van der Waals surface area contributed by atoms with Crippen molar-refractivity contribution >= 4 is 0 Å². The van der Waals surface area contributed by atoms with E-state index in [9.17, 15) is 4.39 Å². The van der Waals surface area contributed by atoms with Crippen molar-refractivity contribution in [1.29, 1.82) is 0 Å². The van der Waals surface area contributed by atoms with Gasteiger partial charge in [-0.25, -0.2) is 0 Å². The molecule has 0 amide bonds. The normalized spacial score (nSPS) is 10.1. The van der Waals surface area contributed by atoms with Crippen LogP contribution in [0.2, 0.25) is 0 Å². The molecule has 0 fully saturated rings. The van der Waals surface area contributed by atoms with Crippen LogP contribution < -0.4 is 5.32 Å². The van der Waals surface area contributed by atoms with Crippen molar-refractivity contribution in [3.63, 3.8) is 0 Å². The molecule has 12 heavy (non-hydrogen) atoms. The second-order valence-electron chi connectivity index (χ2n) is 2.43. The predicted octanol–water partition coefficient (Wildman–Crippen LogP) is 0.926. The summed E-state index contributed by atoms with van der Waals surface area (Å²) in [5.74, 6) is 0. The van der Waals surface area contributed by atoms with Crippen LogP contribution in [0.15, 0.2) is 18.3 Å². The summed E-state index contributed by atoms with van der Waals surface area (Å²) in [6, 6.07) is 3.72. The number of rotatable bonds is 5. The summed E-state index contributed by atoms with van der Waals surface area (Å²) in [5, 5.41) is 10.6. The van der Waals surface area contributed by atoms with Crippen molar-refractivity contribution in [2.75, 3.05) is 13.2 Å². The van der Waals surface area contributed by atoms with E-state index in [-0.39, 0.29) is 6.67 Å². The highest BCUT2D eigenvalue weighted by atomic mass is 19.1. The zero-order valence-electron chi connectivity index (χ0n) is 6.83. The van der Waals surface area contributed by atoms with Gasteiger partial charge in [-0.15, -0.1) is 0 Å². The molecule has 0 radical (unpaired) electrons. The second-order valence-corrected chi connectivity index (χ2v) is 2.43. The van der Waals surface area contributed by atoms with Crippen LogP contribution in [0.1, 0.15) is 12.1 Å². The van der Waals surface area contributed by atoms with Gasteiger partial charge in [0.05, 0.1) is 12.4 Å². The molecule has 0 aliphatic rings. The van der Waals surface area contributed by atoms with Gasteiger partial charge in [-0.05, 0) is 25.1 Å². The molecule has 1 aromatic heterocycles. The summed E-state index contributed by atoms with van der Waals surface area (Å²) in [7, 11) is 0. The van der Waals surface area contributed by atoms with Gasteiger partial charge in [-0.2, -0.15) is 10.2 Å². The van der Waals surface area contributed by atoms with Crippen molar-refractivity contribution in [2.45, 2.75) is 13.0 Å². The first-order chi connectivity index (χ1) is 5.93. The highest BCUT2D eigenvalue weighted by Crippen LogP contribution is 1.89. The molecule has 0 saturated carbocycles. The van der Waals surface area contributed by atoms with Crippen molar-refractivity contribution in [2.24, 2.45) is 0 Å². The largest absolute Gasteiger partial charge is 0.311 e. The predicted molar refractivity (Wildman–Crippen MR) is 44.3 cm³/mol. The van der Waals surface area contributed by atoms with Gasteiger partial charge in [0.15, 0.2) is 0 Å². The zero-order chi connectivity index (χ0) is 8.65. The van der Waals surface area contributed by atoms with Gasteiger partial charge in [-0.1, -0.05) is 0 Å². The Balaban J connectivity index is 2.16. The Bertz CT molecular complexity index is 203. The highest BCUT2D eigenvalue weighted by molar-refractivity contribution is 4.98. The fourth-order valence-electron chi connectivity index (χ4n) is 0.836. The van der Waals surface area contributed by atoms with E-state index < -0.39 is 0 Å². The molecule has 0 unspecified atom stereocenters. The van der Waals surface area contributed by atoms with Gasteiger partial charge in [0.2, 0.25) is 0 Å². The third-order valence-corrected chi connectivity index (χ3v) is 1.42. The molecular weight excluding hydrogens is 157 g/mol.